The molecule has 0 radical (unpaired) electrons. The summed E-state index contributed by atoms with van der Waals surface area (Å²) in [5, 5.41) is 3.55. The van der Waals surface area contributed by atoms with Crippen molar-refractivity contribution in [1.82, 2.24) is 15.3 Å². The number of carbonyl (C=O) groups excluding carboxylic acids is 2. The maximum Gasteiger partial charge on any atom is 0.240 e. The molecule has 0 unspecified atom stereocenters. The van der Waals surface area contributed by atoms with Gasteiger partial charge in [0.15, 0.2) is 0 Å². The molecule has 35 heavy (non-hydrogen) atoms. The van der Waals surface area contributed by atoms with Crippen molar-refractivity contribution in [3.05, 3.63) is 90.8 Å². The third-order valence-electron chi connectivity index (χ3n) is 5.29. The predicted octanol–water partition coefficient (Wildman–Crippen LogP) is 4.24. The van der Waals surface area contributed by atoms with Gasteiger partial charge in [-0.1, -0.05) is 60.7 Å². The fraction of sp³-hybridized carbons (Fsp3) is 0.185. The van der Waals surface area contributed by atoms with Crippen molar-refractivity contribution in [3.8, 4) is 26.9 Å². The Morgan fingerprint density at radius 1 is 0.971 bits per heavy atom. The molecule has 7 nitrogen and oxygen atoms in total. The summed E-state index contributed by atoms with van der Waals surface area (Å²) in [5.41, 5.74) is 8.36. The number of nitrogens with one attached hydrogen (secondary N) is 1. The number of carbonyl (C=O) groups is 2. The van der Waals surface area contributed by atoms with Gasteiger partial charge in [0, 0.05) is 30.8 Å². The molecule has 2 heterocycles. The second kappa shape index (κ2) is 11.9. The highest BCUT2D eigenvalue weighted by Gasteiger charge is 2.19. The predicted molar refractivity (Wildman–Crippen MR) is 137 cm³/mol. The standard InChI is InChI=1S/C27H26N4O3S/c28-25(33)22(17-19-9-3-1-4-10-19)30-23(32)14-8-16-34-26-24(20-11-5-2-6-12-20)35-27(31-26)21-13-7-15-29-18-21/h1-7,9-13,15,18,22H,8,14,16-17H2,(H2,28,33)(H,30,32)/t22-/m0/s1. The van der Waals surface area contributed by atoms with Gasteiger partial charge in [-0.25, -0.2) is 4.98 Å². The molecule has 2 aromatic carbocycles. The minimum atomic E-state index is -0.754. The quantitative estimate of drug-likeness (QED) is 0.308. The van der Waals surface area contributed by atoms with Crippen LogP contribution in [0.1, 0.15) is 18.4 Å². The van der Waals surface area contributed by atoms with E-state index < -0.39 is 11.9 Å². The number of nitrogens with two attached hydrogens (primary N) is 1. The van der Waals surface area contributed by atoms with E-state index in [9.17, 15) is 9.59 Å². The van der Waals surface area contributed by atoms with Crippen LogP contribution in [0.4, 0.5) is 0 Å². The van der Waals surface area contributed by atoms with Crippen LogP contribution in [0.3, 0.4) is 0 Å². The van der Waals surface area contributed by atoms with Crippen molar-refractivity contribution in [2.24, 2.45) is 5.73 Å². The minimum absolute atomic E-state index is 0.207. The van der Waals surface area contributed by atoms with Gasteiger partial charge in [0.1, 0.15) is 11.0 Å². The Labute approximate surface area is 208 Å². The van der Waals surface area contributed by atoms with E-state index >= 15 is 0 Å². The van der Waals surface area contributed by atoms with Crippen molar-refractivity contribution in [1.29, 1.82) is 0 Å². The summed E-state index contributed by atoms with van der Waals surface area (Å²) in [5.74, 6) is -0.276. The number of nitrogens with zero attached hydrogens (tertiary/aromatic N) is 2. The van der Waals surface area contributed by atoms with Gasteiger partial charge in [-0.15, -0.1) is 11.3 Å². The largest absolute Gasteiger partial charge is 0.477 e. The lowest BCUT2D eigenvalue weighted by Crippen LogP contribution is -2.45. The molecular formula is C27H26N4O3S. The Kier molecular flexibility index (Phi) is 8.19. The van der Waals surface area contributed by atoms with Crippen LogP contribution < -0.4 is 15.8 Å². The number of aromatic nitrogens is 2. The molecular weight excluding hydrogens is 460 g/mol. The molecule has 4 rings (SSSR count). The molecule has 0 fully saturated rings. The molecule has 8 heteroatoms. The van der Waals surface area contributed by atoms with Gasteiger partial charge in [-0.2, -0.15) is 0 Å². The lowest BCUT2D eigenvalue weighted by molar-refractivity contribution is -0.127. The fourth-order valence-electron chi connectivity index (χ4n) is 3.53. The molecule has 0 saturated heterocycles. The first kappa shape index (κ1) is 24.1. The summed E-state index contributed by atoms with van der Waals surface area (Å²) in [7, 11) is 0. The van der Waals surface area contributed by atoms with E-state index in [4.69, 9.17) is 10.5 Å². The van der Waals surface area contributed by atoms with Crippen LogP contribution >= 0.6 is 11.3 Å². The number of primary amides is 1. The molecule has 178 valence electrons. The first-order chi connectivity index (χ1) is 17.1. The topological polar surface area (TPSA) is 107 Å². The number of benzene rings is 2. The Bertz CT molecular complexity index is 1250. The third-order valence-corrected chi connectivity index (χ3v) is 6.42. The molecule has 2 amide bonds. The van der Waals surface area contributed by atoms with Crippen LogP contribution in [-0.2, 0) is 16.0 Å². The summed E-state index contributed by atoms with van der Waals surface area (Å²) < 4.78 is 6.00. The van der Waals surface area contributed by atoms with Crippen LogP contribution in [0.15, 0.2) is 85.2 Å². The summed E-state index contributed by atoms with van der Waals surface area (Å²) in [6.45, 7) is 0.309. The molecule has 0 aliphatic carbocycles. The number of hydrogen-bond donors (Lipinski definition) is 2. The summed E-state index contributed by atoms with van der Waals surface area (Å²) in [6.07, 6.45) is 4.52. The molecule has 2 aromatic heterocycles. The lowest BCUT2D eigenvalue weighted by Gasteiger charge is -2.15. The Hall–Kier alpha value is -4.04. The highest BCUT2D eigenvalue weighted by molar-refractivity contribution is 7.18. The number of amides is 2. The van der Waals surface area contributed by atoms with Crippen LogP contribution in [0.5, 0.6) is 5.88 Å². The Morgan fingerprint density at radius 2 is 1.69 bits per heavy atom. The molecule has 4 aromatic rings. The number of rotatable bonds is 11. The van der Waals surface area contributed by atoms with E-state index in [1.807, 2.05) is 72.8 Å². The van der Waals surface area contributed by atoms with Crippen LogP contribution in [-0.4, -0.2) is 34.4 Å². The SMILES string of the molecule is NC(=O)[C@H](Cc1ccccc1)NC(=O)CCCOc1nc(-c2cccnc2)sc1-c1ccccc1. The van der Waals surface area contributed by atoms with Crippen molar-refractivity contribution in [2.75, 3.05) is 6.61 Å². The van der Waals surface area contributed by atoms with E-state index in [-0.39, 0.29) is 12.3 Å². The second-order valence-electron chi connectivity index (χ2n) is 7.93. The van der Waals surface area contributed by atoms with Gasteiger partial charge in [-0.3, -0.25) is 14.6 Å². The van der Waals surface area contributed by atoms with Crippen molar-refractivity contribution < 1.29 is 14.3 Å². The van der Waals surface area contributed by atoms with E-state index in [0.717, 1.165) is 26.6 Å². The Morgan fingerprint density at radius 3 is 2.37 bits per heavy atom. The van der Waals surface area contributed by atoms with Gasteiger partial charge in [0.2, 0.25) is 17.7 Å². The molecule has 0 aliphatic rings. The van der Waals surface area contributed by atoms with Gasteiger partial charge < -0.3 is 15.8 Å². The van der Waals surface area contributed by atoms with Crippen LogP contribution in [0, 0.1) is 0 Å². The maximum absolute atomic E-state index is 12.4. The average molecular weight is 487 g/mol. The summed E-state index contributed by atoms with van der Waals surface area (Å²) >= 11 is 1.54. The van der Waals surface area contributed by atoms with Gasteiger partial charge in [0.05, 0.1) is 11.5 Å². The van der Waals surface area contributed by atoms with Gasteiger partial charge in [-0.05, 0) is 29.7 Å². The molecule has 0 aliphatic heterocycles. The number of pyridine rings is 1. The zero-order valence-electron chi connectivity index (χ0n) is 19.1. The molecule has 0 saturated carbocycles. The first-order valence-corrected chi connectivity index (χ1v) is 12.1. The molecule has 0 spiro atoms. The average Bonchev–Trinajstić information content (AvgIpc) is 3.32. The second-order valence-corrected chi connectivity index (χ2v) is 8.92. The monoisotopic (exact) mass is 486 g/mol. The number of hydrogen-bond acceptors (Lipinski definition) is 6. The Balaban J connectivity index is 1.35. The lowest BCUT2D eigenvalue weighted by atomic mass is 10.1. The van der Waals surface area contributed by atoms with Crippen LogP contribution in [0.25, 0.3) is 21.0 Å². The number of thiazole rings is 1. The van der Waals surface area contributed by atoms with Gasteiger partial charge in [0.25, 0.3) is 0 Å². The third kappa shape index (κ3) is 6.74. The van der Waals surface area contributed by atoms with E-state index in [1.165, 1.54) is 11.3 Å². The molecule has 1 atom stereocenters. The highest BCUT2D eigenvalue weighted by atomic mass is 32.1. The first-order valence-electron chi connectivity index (χ1n) is 11.3. The number of ether oxygens (including phenoxy) is 1. The van der Waals surface area contributed by atoms with E-state index in [0.29, 0.717) is 25.3 Å². The van der Waals surface area contributed by atoms with Gasteiger partial charge >= 0.3 is 0 Å². The van der Waals surface area contributed by atoms with E-state index in [1.54, 1.807) is 12.4 Å². The van der Waals surface area contributed by atoms with Crippen molar-refractivity contribution in [2.45, 2.75) is 25.3 Å². The minimum Gasteiger partial charge on any atom is -0.477 e. The zero-order valence-corrected chi connectivity index (χ0v) is 19.9. The smallest absolute Gasteiger partial charge is 0.240 e. The maximum atomic E-state index is 12.4. The van der Waals surface area contributed by atoms with Crippen molar-refractivity contribution in [3.63, 3.8) is 0 Å². The summed E-state index contributed by atoms with van der Waals surface area (Å²) in [4.78, 5) is 34.0. The molecule has 0 bridgehead atoms. The summed E-state index contributed by atoms with van der Waals surface area (Å²) in [6, 6.07) is 22.5. The highest BCUT2D eigenvalue weighted by Crippen LogP contribution is 2.39. The normalized spacial score (nSPS) is 11.5. The van der Waals surface area contributed by atoms with Crippen molar-refractivity contribution >= 4 is 23.2 Å². The zero-order chi connectivity index (χ0) is 24.5. The van der Waals surface area contributed by atoms with E-state index in [2.05, 4.69) is 15.3 Å². The fourth-order valence-corrected chi connectivity index (χ4v) is 4.54. The van der Waals surface area contributed by atoms with Crippen LogP contribution in [0.2, 0.25) is 0 Å². The molecule has 3 N–H and O–H groups in total.